The number of nitrogens with one attached hydrogen (secondary N) is 1. The van der Waals surface area contributed by atoms with Crippen molar-refractivity contribution < 1.29 is 0 Å². The van der Waals surface area contributed by atoms with Gasteiger partial charge >= 0.3 is 0 Å². The Balaban J connectivity index is 1.15. The van der Waals surface area contributed by atoms with Crippen molar-refractivity contribution in [2.24, 2.45) is 5.41 Å². The number of hydrogen-bond donors (Lipinski definition) is 1. The monoisotopic (exact) mass is 423 g/mol. The molecule has 7 heteroatoms. The molecule has 1 N–H and O–H groups in total. The lowest BCUT2D eigenvalue weighted by molar-refractivity contribution is 0.214. The van der Waals surface area contributed by atoms with Crippen LogP contribution in [0.25, 0.3) is 5.57 Å². The number of aromatic amines is 1. The van der Waals surface area contributed by atoms with Gasteiger partial charge < -0.3 is 9.88 Å². The number of H-pyrrole nitrogens is 1. The maximum Gasteiger partial charge on any atom is 0.254 e. The molecule has 6 rings (SSSR count). The lowest BCUT2D eigenvalue weighted by atomic mass is 9.84. The van der Waals surface area contributed by atoms with E-state index in [1.54, 1.807) is 11.3 Å². The number of piperazine rings is 1. The topological polar surface area (TPSA) is 65.1 Å². The summed E-state index contributed by atoms with van der Waals surface area (Å²) in [5, 5.41) is 1.15. The number of thiazole rings is 1. The zero-order valence-electron chi connectivity index (χ0n) is 17.6. The Morgan fingerprint density at radius 2 is 2.00 bits per heavy atom. The predicted octanol–water partition coefficient (Wildman–Crippen LogP) is 3.17. The number of aromatic nitrogens is 3. The van der Waals surface area contributed by atoms with E-state index in [9.17, 15) is 4.79 Å². The van der Waals surface area contributed by atoms with Gasteiger partial charge in [-0.25, -0.2) is 9.97 Å². The molecule has 2 fully saturated rings. The molecule has 3 aliphatic carbocycles. The number of aryl methyl sites for hydroxylation is 2. The standard InChI is InChI=1S/C23H29N5OS/c1-15-14-24-22(30-15)28-10-8-27(9-11-28)17-3-2-16(12-17)20-25-19-4-5-23(6-7-23)13-18(19)21(29)26-20/h12,14,17H,2-11,13H2,1H3,(H,25,26,29)/t17-/m1/s1. The molecule has 1 saturated heterocycles. The molecule has 2 aromatic rings. The maximum atomic E-state index is 12.8. The van der Waals surface area contributed by atoms with Crippen molar-refractivity contribution >= 4 is 22.0 Å². The first-order valence-corrected chi connectivity index (χ1v) is 12.1. The molecule has 1 aliphatic heterocycles. The molecule has 158 valence electrons. The number of rotatable bonds is 3. The molecule has 0 bridgehead atoms. The molecule has 30 heavy (non-hydrogen) atoms. The summed E-state index contributed by atoms with van der Waals surface area (Å²) in [6.07, 6.45) is 12.1. The SMILES string of the molecule is Cc1cnc(N2CCN([C@H]3C=C(c4nc5c(c(=O)[nH]4)CC4(CC5)CC4)CC3)CC2)s1. The van der Waals surface area contributed by atoms with Crippen LogP contribution in [-0.4, -0.2) is 52.1 Å². The van der Waals surface area contributed by atoms with Crippen molar-refractivity contribution in [3.05, 3.63) is 44.6 Å². The van der Waals surface area contributed by atoms with Crippen LogP contribution in [0.15, 0.2) is 17.1 Å². The van der Waals surface area contributed by atoms with E-state index in [0.717, 1.165) is 74.1 Å². The molecular weight excluding hydrogens is 394 g/mol. The minimum atomic E-state index is 0.109. The summed E-state index contributed by atoms with van der Waals surface area (Å²) in [5.41, 5.74) is 3.80. The van der Waals surface area contributed by atoms with Crippen LogP contribution >= 0.6 is 11.3 Å². The Kier molecular flexibility index (Phi) is 4.39. The Morgan fingerprint density at radius 3 is 2.73 bits per heavy atom. The molecule has 1 saturated carbocycles. The summed E-state index contributed by atoms with van der Waals surface area (Å²) < 4.78 is 0. The molecule has 6 nitrogen and oxygen atoms in total. The van der Waals surface area contributed by atoms with E-state index in [2.05, 4.69) is 32.8 Å². The number of nitrogens with zero attached hydrogens (tertiary/aromatic N) is 4. The zero-order chi connectivity index (χ0) is 20.3. The van der Waals surface area contributed by atoms with Crippen LogP contribution in [0.2, 0.25) is 0 Å². The van der Waals surface area contributed by atoms with Crippen LogP contribution in [0.1, 0.15) is 54.1 Å². The van der Waals surface area contributed by atoms with Crippen LogP contribution in [0, 0.1) is 12.3 Å². The van der Waals surface area contributed by atoms with E-state index >= 15 is 0 Å². The summed E-state index contributed by atoms with van der Waals surface area (Å²) >= 11 is 1.78. The number of fused-ring (bicyclic) bond motifs is 1. The molecule has 3 heterocycles. The van der Waals surface area contributed by atoms with Gasteiger partial charge in [0.25, 0.3) is 5.56 Å². The van der Waals surface area contributed by atoms with E-state index in [0.29, 0.717) is 11.5 Å². The molecule has 0 radical (unpaired) electrons. The fraction of sp³-hybridized carbons (Fsp3) is 0.609. The van der Waals surface area contributed by atoms with Crippen LogP contribution in [0.5, 0.6) is 0 Å². The third kappa shape index (κ3) is 3.32. The highest BCUT2D eigenvalue weighted by Crippen LogP contribution is 2.53. The van der Waals surface area contributed by atoms with E-state index < -0.39 is 0 Å². The van der Waals surface area contributed by atoms with Gasteiger partial charge in [0.05, 0.1) is 5.69 Å². The van der Waals surface area contributed by atoms with Gasteiger partial charge in [-0.2, -0.15) is 0 Å². The lowest BCUT2D eigenvalue weighted by Crippen LogP contribution is -2.49. The van der Waals surface area contributed by atoms with E-state index in [1.807, 2.05) is 6.20 Å². The quantitative estimate of drug-likeness (QED) is 0.822. The summed E-state index contributed by atoms with van der Waals surface area (Å²) in [6, 6.07) is 0.455. The van der Waals surface area contributed by atoms with Crippen molar-refractivity contribution in [1.29, 1.82) is 0 Å². The second-order valence-electron chi connectivity index (χ2n) is 9.59. The van der Waals surface area contributed by atoms with E-state index in [-0.39, 0.29) is 5.56 Å². The van der Waals surface area contributed by atoms with Gasteiger partial charge in [0.2, 0.25) is 0 Å². The molecule has 1 spiro atoms. The third-order valence-electron chi connectivity index (χ3n) is 7.57. The van der Waals surface area contributed by atoms with Gasteiger partial charge in [-0.1, -0.05) is 6.08 Å². The lowest BCUT2D eigenvalue weighted by Gasteiger charge is -2.37. The minimum absolute atomic E-state index is 0.109. The summed E-state index contributed by atoms with van der Waals surface area (Å²) in [6.45, 7) is 6.29. The Hall–Kier alpha value is -1.99. The molecule has 0 aromatic carbocycles. The highest BCUT2D eigenvalue weighted by molar-refractivity contribution is 7.15. The minimum Gasteiger partial charge on any atom is -0.346 e. The Bertz CT molecular complexity index is 1060. The third-order valence-corrected chi connectivity index (χ3v) is 8.55. The van der Waals surface area contributed by atoms with Crippen LogP contribution < -0.4 is 10.5 Å². The second kappa shape index (κ2) is 7.02. The summed E-state index contributed by atoms with van der Waals surface area (Å²) in [5.74, 6) is 0.824. The zero-order valence-corrected chi connectivity index (χ0v) is 18.4. The van der Waals surface area contributed by atoms with Gasteiger partial charge in [-0.05, 0) is 62.9 Å². The van der Waals surface area contributed by atoms with Crippen molar-refractivity contribution in [3.8, 4) is 0 Å². The molecule has 4 aliphatic rings. The first kappa shape index (κ1) is 18.8. The highest BCUT2D eigenvalue weighted by atomic mass is 32.1. The largest absolute Gasteiger partial charge is 0.346 e. The molecule has 0 unspecified atom stereocenters. The average Bonchev–Trinajstić information content (AvgIpc) is 3.15. The highest BCUT2D eigenvalue weighted by Gasteiger charge is 2.45. The first-order valence-electron chi connectivity index (χ1n) is 11.3. The molecule has 0 amide bonds. The summed E-state index contributed by atoms with van der Waals surface area (Å²) in [4.78, 5) is 31.6. The fourth-order valence-corrected chi connectivity index (χ4v) is 6.27. The molecular formula is C23H29N5OS. The van der Waals surface area contributed by atoms with Crippen molar-refractivity contribution in [2.45, 2.75) is 57.9 Å². The van der Waals surface area contributed by atoms with E-state index in [1.165, 1.54) is 29.7 Å². The predicted molar refractivity (Wildman–Crippen MR) is 120 cm³/mol. The van der Waals surface area contributed by atoms with Crippen LogP contribution in [0.4, 0.5) is 5.13 Å². The first-order chi connectivity index (χ1) is 14.6. The van der Waals surface area contributed by atoms with Gasteiger partial charge in [0, 0.05) is 48.9 Å². The van der Waals surface area contributed by atoms with Gasteiger partial charge in [-0.15, -0.1) is 11.3 Å². The average molecular weight is 424 g/mol. The Labute approximate surface area is 181 Å². The van der Waals surface area contributed by atoms with Crippen molar-refractivity contribution in [3.63, 3.8) is 0 Å². The molecule has 1 atom stereocenters. The normalized spacial score (nSPS) is 25.4. The maximum absolute atomic E-state index is 12.8. The number of anilines is 1. The van der Waals surface area contributed by atoms with E-state index in [4.69, 9.17) is 4.98 Å². The smallest absolute Gasteiger partial charge is 0.254 e. The van der Waals surface area contributed by atoms with Crippen molar-refractivity contribution in [2.75, 3.05) is 31.1 Å². The Morgan fingerprint density at radius 1 is 1.17 bits per heavy atom. The number of allylic oxidation sites excluding steroid dienone is 1. The second-order valence-corrected chi connectivity index (χ2v) is 10.8. The summed E-state index contributed by atoms with van der Waals surface area (Å²) in [7, 11) is 0. The van der Waals surface area contributed by atoms with Crippen molar-refractivity contribution in [1.82, 2.24) is 19.9 Å². The van der Waals surface area contributed by atoms with Gasteiger partial charge in [0.1, 0.15) is 5.82 Å². The van der Waals surface area contributed by atoms with Gasteiger partial charge in [0.15, 0.2) is 5.13 Å². The fourth-order valence-electron chi connectivity index (χ4n) is 5.46. The van der Waals surface area contributed by atoms with Crippen LogP contribution in [0.3, 0.4) is 0 Å². The van der Waals surface area contributed by atoms with Crippen LogP contribution in [-0.2, 0) is 12.8 Å². The van der Waals surface area contributed by atoms with Gasteiger partial charge in [-0.3, -0.25) is 9.69 Å². The molecule has 2 aromatic heterocycles. The number of hydrogen-bond acceptors (Lipinski definition) is 6.